The second-order valence-electron chi connectivity index (χ2n) is 3.48. The Kier molecular flexibility index (Phi) is 17.1. The van der Waals surface area contributed by atoms with Crippen LogP contribution in [-0.4, -0.2) is 0 Å². The second kappa shape index (κ2) is 21.8. The summed E-state index contributed by atoms with van der Waals surface area (Å²) in [6.45, 7) is 6.61. The Balaban J connectivity index is 5.93. The van der Waals surface area contributed by atoms with Crippen LogP contribution < -0.4 is 0 Å². The third-order valence-corrected chi connectivity index (χ3v) is 1.68. The van der Waals surface area contributed by atoms with E-state index >= 15 is 0 Å². The molecule has 0 fully saturated rings. The highest BCUT2D eigenvalue weighted by Crippen LogP contribution is 1.58. The predicted octanol–water partition coefficient (Wildman–Crippen LogP) is 4.99. The van der Waals surface area contributed by atoms with Crippen molar-refractivity contribution in [2.45, 2.75) is 0 Å². The molecule has 0 heteroatoms. The molecule has 0 saturated heterocycles. The lowest BCUT2D eigenvalue weighted by Crippen LogP contribution is -1.25. The van der Waals surface area contributed by atoms with Crippen molar-refractivity contribution in [1.82, 2.24) is 0 Å². The van der Waals surface area contributed by atoms with E-state index in [4.69, 9.17) is 0 Å². The zero-order valence-corrected chi connectivity index (χ0v) is 14.9. The van der Waals surface area contributed by atoms with Crippen molar-refractivity contribution in [3.8, 4) is 0 Å². The molecule has 120 valence electrons. The van der Waals surface area contributed by atoms with Crippen molar-refractivity contribution in [1.29, 1.82) is 0 Å². The lowest BCUT2D eigenvalue weighted by Gasteiger charge is -1.41. The van der Waals surface area contributed by atoms with Gasteiger partial charge in [-0.3, -0.25) is 0 Å². The Labute approximate surface area is 168 Å². The third kappa shape index (κ3) is 21.8. The van der Waals surface area contributed by atoms with Gasteiger partial charge >= 0.3 is 0 Å². The van der Waals surface area contributed by atoms with E-state index in [-0.39, 0.29) is 0 Å². The van der Waals surface area contributed by atoms with Crippen molar-refractivity contribution in [3.05, 3.63) is 168 Å². The zero-order chi connectivity index (χ0) is 21.1. The van der Waals surface area contributed by atoms with Crippen LogP contribution in [0.25, 0.3) is 0 Å². The lowest BCUT2D eigenvalue weighted by atomic mass is 10.6. The van der Waals surface area contributed by atoms with Crippen LogP contribution in [-0.2, 0) is 0 Å². The molecule has 0 atom stereocenters. The summed E-state index contributed by atoms with van der Waals surface area (Å²) >= 11 is 0. The molecular formula is C29H4. The van der Waals surface area contributed by atoms with Gasteiger partial charge in [0.2, 0.25) is 0 Å². The molecule has 0 saturated carbocycles. The third-order valence-electron chi connectivity index (χ3n) is 1.68. The van der Waals surface area contributed by atoms with Crippen LogP contribution in [0, 0.1) is 0 Å². The summed E-state index contributed by atoms with van der Waals surface area (Å²) in [5.74, 6) is 0. The molecule has 0 N–H and O–H groups in total. The van der Waals surface area contributed by atoms with Crippen LogP contribution in [0.5, 0.6) is 0 Å². The fourth-order valence-electron chi connectivity index (χ4n) is 0.807. The minimum Gasteiger partial charge on any atom is -0.0687 e. The summed E-state index contributed by atoms with van der Waals surface area (Å²) in [7, 11) is 0. The molecule has 0 unspecified atom stereocenters. The Hall–Kier alpha value is -6.20. The second-order valence-corrected chi connectivity index (χ2v) is 3.48. The van der Waals surface area contributed by atoms with Gasteiger partial charge in [-0.05, 0) is 105 Å². The van der Waals surface area contributed by atoms with Gasteiger partial charge in [0.1, 0.15) is 0 Å². The van der Waals surface area contributed by atoms with E-state index < -0.39 is 0 Å². The van der Waals surface area contributed by atoms with Gasteiger partial charge < -0.3 is 0 Å². The molecule has 0 rings (SSSR count). The Morgan fingerprint density at radius 1 is 0.172 bits per heavy atom. The fourth-order valence-corrected chi connectivity index (χ4v) is 0.807. The van der Waals surface area contributed by atoms with Gasteiger partial charge in [-0.15, -0.1) is 0 Å². The summed E-state index contributed by atoms with van der Waals surface area (Å²) in [6, 6.07) is 0. The van der Waals surface area contributed by atoms with Gasteiger partial charge in [0, 0.05) is 51.6 Å². The highest BCUT2D eigenvalue weighted by atomic mass is 13.4. The molecule has 0 radical (unpaired) electrons. The van der Waals surface area contributed by atoms with Gasteiger partial charge in [-0.2, -0.15) is 0 Å². The van der Waals surface area contributed by atoms with Crippen LogP contribution in [0.4, 0.5) is 0 Å². The van der Waals surface area contributed by atoms with E-state index in [1.54, 1.807) is 0 Å². The minimum atomic E-state index is 2.37. The standard InChI is InChI=1S/C29H4/c1-3-5-7-9-11-13-15-17-19-21-23-25-27-29-28-26-24-22-20-18-16-14-12-10-8-6-4-2/h1-2H2. The quantitative estimate of drug-likeness (QED) is 0.539. The highest BCUT2D eigenvalue weighted by Gasteiger charge is 1.43. The molecular weight excluding hydrogens is 348 g/mol. The topological polar surface area (TPSA) is 0 Å². The molecule has 29 heavy (non-hydrogen) atoms. The van der Waals surface area contributed by atoms with E-state index in [0.717, 1.165) is 0 Å². The average Bonchev–Trinajstić information content (AvgIpc) is 2.74. The molecule has 0 aromatic heterocycles. The molecule has 0 aromatic carbocycles. The van der Waals surface area contributed by atoms with E-state index in [0.29, 0.717) is 0 Å². The van der Waals surface area contributed by atoms with Gasteiger partial charge in [-0.25, -0.2) is 0 Å². The molecule has 0 amide bonds. The first-order valence-corrected chi connectivity index (χ1v) is 7.21. The molecule has 0 aromatic rings. The SMILES string of the molecule is C=C=C=C=C=C=C=C=C=C=C=C=C=C=C=C=C=C=C=C=C=C=C=C=C=C=C=C=C. The summed E-state index contributed by atoms with van der Waals surface area (Å²) in [5.41, 5.74) is 66.9. The van der Waals surface area contributed by atoms with Gasteiger partial charge in [-0.1, -0.05) is 11.5 Å². The molecule has 0 aliphatic rings. The van der Waals surface area contributed by atoms with Crippen LogP contribution in [0.1, 0.15) is 0 Å². The lowest BCUT2D eigenvalue weighted by molar-refractivity contribution is 2.11. The Bertz CT molecular complexity index is 1580. The normalized spacial score (nSPS) is 3.86. The van der Waals surface area contributed by atoms with E-state index in [1.165, 1.54) is 0 Å². The maximum Gasteiger partial charge on any atom is 0 e. The summed E-state index contributed by atoms with van der Waals surface area (Å²) in [5, 5.41) is 0. The maximum absolute atomic E-state index is 3.30. The maximum atomic E-state index is 3.30. The van der Waals surface area contributed by atoms with Gasteiger partial charge in [0.25, 0.3) is 0 Å². The first-order valence-electron chi connectivity index (χ1n) is 7.21. The number of hydrogen-bond donors (Lipinski definition) is 0. The van der Waals surface area contributed by atoms with Crippen LogP contribution in [0.3, 0.4) is 0 Å². The first-order chi connectivity index (χ1) is 14.4. The molecule has 0 spiro atoms. The fraction of sp³-hybridized carbons (Fsp3) is 0. The average molecular weight is 352 g/mol. The largest absolute Gasteiger partial charge is 0.0687 e. The van der Waals surface area contributed by atoms with E-state index in [2.05, 4.69) is 168 Å². The van der Waals surface area contributed by atoms with Crippen LogP contribution in [0.15, 0.2) is 168 Å². The highest BCUT2D eigenvalue weighted by molar-refractivity contribution is 4.94. The van der Waals surface area contributed by atoms with Crippen molar-refractivity contribution >= 4 is 0 Å². The van der Waals surface area contributed by atoms with Crippen LogP contribution in [0.2, 0.25) is 0 Å². The number of rotatable bonds is 0. The summed E-state index contributed by atoms with van der Waals surface area (Å²) in [4.78, 5) is 0. The monoisotopic (exact) mass is 352 g/mol. The van der Waals surface area contributed by atoms with Crippen molar-refractivity contribution in [2.24, 2.45) is 0 Å². The van der Waals surface area contributed by atoms with Gasteiger partial charge in [0.05, 0.1) is 0 Å². The number of hydrogen-bond acceptors (Lipinski definition) is 0. The smallest absolute Gasteiger partial charge is 0 e. The van der Waals surface area contributed by atoms with E-state index in [9.17, 15) is 0 Å². The van der Waals surface area contributed by atoms with Crippen LogP contribution >= 0.6 is 0 Å². The minimum absolute atomic E-state index is 2.37. The predicted molar refractivity (Wildman–Crippen MR) is 106 cm³/mol. The van der Waals surface area contributed by atoms with Gasteiger partial charge in [0.15, 0.2) is 0 Å². The zero-order valence-electron chi connectivity index (χ0n) is 14.9. The van der Waals surface area contributed by atoms with Crippen molar-refractivity contribution in [2.75, 3.05) is 0 Å². The van der Waals surface area contributed by atoms with Crippen molar-refractivity contribution in [3.63, 3.8) is 0 Å². The molecule has 0 aliphatic heterocycles. The summed E-state index contributed by atoms with van der Waals surface area (Å²) < 4.78 is 0. The van der Waals surface area contributed by atoms with E-state index in [1.807, 2.05) is 0 Å². The Morgan fingerprint density at radius 3 is 0.379 bits per heavy atom. The molecule has 0 nitrogen and oxygen atoms in total. The molecule has 0 heterocycles. The summed E-state index contributed by atoms with van der Waals surface area (Å²) in [6.07, 6.45) is 0. The molecule has 0 aliphatic carbocycles. The Morgan fingerprint density at radius 2 is 0.276 bits per heavy atom. The molecule has 0 bridgehead atoms. The first kappa shape index (κ1) is 22.8. The van der Waals surface area contributed by atoms with Crippen molar-refractivity contribution < 1.29 is 0 Å².